The highest BCUT2D eigenvalue weighted by atomic mass is 35.5. The second kappa shape index (κ2) is 7.60. The molecule has 4 N–H and O–H groups in total. The molecule has 1 aromatic carbocycles. The van der Waals surface area contributed by atoms with E-state index >= 15 is 0 Å². The van der Waals surface area contributed by atoms with E-state index < -0.39 is 0 Å². The molecule has 0 bridgehead atoms. The average Bonchev–Trinajstić information content (AvgIpc) is 2.17. The Bertz CT molecular complexity index is 318. The quantitative estimate of drug-likeness (QED) is 0.785. The third kappa shape index (κ3) is 4.47. The normalized spacial score (nSPS) is 12.0. The van der Waals surface area contributed by atoms with E-state index in [2.05, 4.69) is 0 Å². The van der Waals surface area contributed by atoms with Crippen molar-refractivity contribution in [3.8, 4) is 0 Å². The number of rotatable bonds is 5. The minimum absolute atomic E-state index is 0. The van der Waals surface area contributed by atoms with Crippen molar-refractivity contribution >= 4 is 12.4 Å². The molecule has 92 valence electrons. The van der Waals surface area contributed by atoms with Gasteiger partial charge >= 0.3 is 0 Å². The highest BCUT2D eigenvalue weighted by molar-refractivity contribution is 5.85. The molecule has 1 aromatic rings. The lowest BCUT2D eigenvalue weighted by Gasteiger charge is -2.14. The first-order chi connectivity index (χ1) is 7.15. The van der Waals surface area contributed by atoms with Crippen LogP contribution in [0, 0.1) is 12.7 Å². The average molecular weight is 247 g/mol. The number of hydrogen-bond donors (Lipinski definition) is 2. The van der Waals surface area contributed by atoms with Gasteiger partial charge in [0.25, 0.3) is 0 Å². The molecular formula is C12H20ClFN2. The van der Waals surface area contributed by atoms with Crippen molar-refractivity contribution in [2.45, 2.75) is 32.2 Å². The molecule has 0 saturated carbocycles. The van der Waals surface area contributed by atoms with Crippen LogP contribution in [-0.4, -0.2) is 6.54 Å². The molecular weight excluding hydrogens is 227 g/mol. The van der Waals surface area contributed by atoms with Crippen LogP contribution in [0.15, 0.2) is 18.2 Å². The zero-order valence-electron chi connectivity index (χ0n) is 9.58. The maximum absolute atomic E-state index is 12.9. The summed E-state index contributed by atoms with van der Waals surface area (Å²) in [7, 11) is 0. The molecule has 4 heteroatoms. The van der Waals surface area contributed by atoms with Crippen LogP contribution in [0.1, 0.15) is 36.4 Å². The Morgan fingerprint density at radius 1 is 1.31 bits per heavy atom. The van der Waals surface area contributed by atoms with Crippen LogP contribution in [0.5, 0.6) is 0 Å². The Hall–Kier alpha value is -0.640. The number of halogens is 2. The van der Waals surface area contributed by atoms with Gasteiger partial charge in [-0.1, -0.05) is 12.5 Å². The largest absolute Gasteiger partial charge is 0.330 e. The van der Waals surface area contributed by atoms with E-state index in [1.807, 2.05) is 6.92 Å². The van der Waals surface area contributed by atoms with Gasteiger partial charge in [0.1, 0.15) is 5.82 Å². The van der Waals surface area contributed by atoms with E-state index in [-0.39, 0.29) is 24.3 Å². The fourth-order valence-corrected chi connectivity index (χ4v) is 1.72. The number of aryl methyl sites for hydroxylation is 1. The highest BCUT2D eigenvalue weighted by Crippen LogP contribution is 2.20. The zero-order valence-corrected chi connectivity index (χ0v) is 10.4. The van der Waals surface area contributed by atoms with E-state index in [1.54, 1.807) is 6.07 Å². The standard InChI is InChI=1S/C12H19FN2.ClH/c1-9-8-10(13)5-6-11(9)12(15)4-2-3-7-14;/h5-6,8,12H,2-4,7,14-15H2,1H3;1H/t12-;/m0./s1. The molecule has 1 rings (SSSR count). The summed E-state index contributed by atoms with van der Waals surface area (Å²) in [5.41, 5.74) is 13.4. The Morgan fingerprint density at radius 2 is 2.00 bits per heavy atom. The van der Waals surface area contributed by atoms with Gasteiger partial charge in [-0.15, -0.1) is 12.4 Å². The molecule has 0 aliphatic rings. The predicted molar refractivity (Wildman–Crippen MR) is 68.2 cm³/mol. The van der Waals surface area contributed by atoms with Gasteiger partial charge in [-0.25, -0.2) is 4.39 Å². The summed E-state index contributed by atoms with van der Waals surface area (Å²) in [5, 5.41) is 0. The van der Waals surface area contributed by atoms with E-state index in [4.69, 9.17) is 11.5 Å². The van der Waals surface area contributed by atoms with Crippen LogP contribution in [0.3, 0.4) is 0 Å². The molecule has 0 radical (unpaired) electrons. The van der Waals surface area contributed by atoms with E-state index in [9.17, 15) is 4.39 Å². The summed E-state index contributed by atoms with van der Waals surface area (Å²) in [5.74, 6) is -0.203. The van der Waals surface area contributed by atoms with Crippen LogP contribution in [0.25, 0.3) is 0 Å². The van der Waals surface area contributed by atoms with E-state index in [0.717, 1.165) is 30.4 Å². The molecule has 0 amide bonds. The maximum atomic E-state index is 12.9. The minimum atomic E-state index is -0.203. The molecule has 0 saturated heterocycles. The summed E-state index contributed by atoms with van der Waals surface area (Å²) in [6.07, 6.45) is 2.92. The Morgan fingerprint density at radius 3 is 2.56 bits per heavy atom. The molecule has 0 unspecified atom stereocenters. The molecule has 0 spiro atoms. The van der Waals surface area contributed by atoms with Gasteiger partial charge in [0.15, 0.2) is 0 Å². The zero-order chi connectivity index (χ0) is 11.3. The molecule has 0 aromatic heterocycles. The van der Waals surface area contributed by atoms with Gasteiger partial charge in [0.2, 0.25) is 0 Å². The lowest BCUT2D eigenvalue weighted by atomic mass is 9.97. The van der Waals surface area contributed by atoms with Crippen molar-refractivity contribution in [3.63, 3.8) is 0 Å². The highest BCUT2D eigenvalue weighted by Gasteiger charge is 2.08. The van der Waals surface area contributed by atoms with Crippen LogP contribution in [0.2, 0.25) is 0 Å². The molecule has 0 aliphatic carbocycles. The van der Waals surface area contributed by atoms with E-state index in [1.165, 1.54) is 12.1 Å². The van der Waals surface area contributed by atoms with Crippen molar-refractivity contribution in [1.82, 2.24) is 0 Å². The maximum Gasteiger partial charge on any atom is 0.123 e. The Balaban J connectivity index is 0.00000225. The number of hydrogen-bond acceptors (Lipinski definition) is 2. The lowest BCUT2D eigenvalue weighted by molar-refractivity contribution is 0.584. The van der Waals surface area contributed by atoms with E-state index in [0.29, 0.717) is 6.54 Å². The first-order valence-electron chi connectivity index (χ1n) is 5.37. The number of benzene rings is 1. The summed E-state index contributed by atoms with van der Waals surface area (Å²) >= 11 is 0. The fourth-order valence-electron chi connectivity index (χ4n) is 1.72. The minimum Gasteiger partial charge on any atom is -0.330 e. The number of nitrogens with two attached hydrogens (primary N) is 2. The second-order valence-electron chi connectivity index (χ2n) is 3.89. The van der Waals surface area contributed by atoms with Crippen molar-refractivity contribution in [1.29, 1.82) is 0 Å². The van der Waals surface area contributed by atoms with Crippen molar-refractivity contribution in [3.05, 3.63) is 35.1 Å². The molecule has 0 fully saturated rings. The van der Waals surface area contributed by atoms with Crippen LogP contribution < -0.4 is 11.5 Å². The summed E-state index contributed by atoms with van der Waals surface area (Å²) < 4.78 is 12.9. The monoisotopic (exact) mass is 246 g/mol. The number of unbranched alkanes of at least 4 members (excludes halogenated alkanes) is 1. The van der Waals surface area contributed by atoms with Crippen LogP contribution in [-0.2, 0) is 0 Å². The topological polar surface area (TPSA) is 52.0 Å². The first kappa shape index (κ1) is 15.4. The fraction of sp³-hybridized carbons (Fsp3) is 0.500. The predicted octanol–water partition coefficient (Wildman–Crippen LogP) is 2.68. The van der Waals surface area contributed by atoms with Gasteiger partial charge in [-0.05, 0) is 49.6 Å². The van der Waals surface area contributed by atoms with Gasteiger partial charge in [0.05, 0.1) is 0 Å². The molecule has 0 aliphatic heterocycles. The summed E-state index contributed by atoms with van der Waals surface area (Å²) in [6.45, 7) is 2.59. The second-order valence-corrected chi connectivity index (χ2v) is 3.89. The van der Waals surface area contributed by atoms with Crippen molar-refractivity contribution in [2.75, 3.05) is 6.54 Å². The van der Waals surface area contributed by atoms with Crippen molar-refractivity contribution in [2.24, 2.45) is 11.5 Å². The van der Waals surface area contributed by atoms with Gasteiger partial charge in [-0.2, -0.15) is 0 Å². The Labute approximate surface area is 103 Å². The lowest BCUT2D eigenvalue weighted by Crippen LogP contribution is -2.12. The molecule has 16 heavy (non-hydrogen) atoms. The molecule has 1 atom stereocenters. The first-order valence-corrected chi connectivity index (χ1v) is 5.37. The third-order valence-electron chi connectivity index (χ3n) is 2.60. The van der Waals surface area contributed by atoms with Gasteiger partial charge < -0.3 is 11.5 Å². The summed E-state index contributed by atoms with van der Waals surface area (Å²) in [6, 6.07) is 4.76. The summed E-state index contributed by atoms with van der Waals surface area (Å²) in [4.78, 5) is 0. The molecule has 0 heterocycles. The Kier molecular flexibility index (Phi) is 7.30. The van der Waals surface area contributed by atoms with Crippen LogP contribution >= 0.6 is 12.4 Å². The smallest absolute Gasteiger partial charge is 0.123 e. The molecule has 2 nitrogen and oxygen atoms in total. The third-order valence-corrected chi connectivity index (χ3v) is 2.60. The van der Waals surface area contributed by atoms with Gasteiger partial charge in [-0.3, -0.25) is 0 Å². The SMILES string of the molecule is Cc1cc(F)ccc1[C@@H](N)CCCCN.Cl. The van der Waals surface area contributed by atoms with Crippen LogP contribution in [0.4, 0.5) is 4.39 Å². The van der Waals surface area contributed by atoms with Crippen molar-refractivity contribution < 1.29 is 4.39 Å². The van der Waals surface area contributed by atoms with Gasteiger partial charge in [0, 0.05) is 6.04 Å².